The molecule has 1 aromatic rings. The van der Waals surface area contributed by atoms with Crippen molar-refractivity contribution in [1.29, 1.82) is 0 Å². The van der Waals surface area contributed by atoms with Crippen LogP contribution in [0.3, 0.4) is 0 Å². The lowest BCUT2D eigenvalue weighted by atomic mass is 10.1. The van der Waals surface area contributed by atoms with Crippen molar-refractivity contribution in [3.05, 3.63) is 35.4 Å². The summed E-state index contributed by atoms with van der Waals surface area (Å²) in [5, 5.41) is 0. The molecule has 1 unspecified atom stereocenters. The summed E-state index contributed by atoms with van der Waals surface area (Å²) in [7, 11) is 0. The molecule has 1 aromatic carbocycles. The van der Waals surface area contributed by atoms with E-state index in [4.69, 9.17) is 5.73 Å². The number of aryl methyl sites for hydroxylation is 1. The van der Waals surface area contributed by atoms with Crippen LogP contribution in [0.1, 0.15) is 37.9 Å². The van der Waals surface area contributed by atoms with Crippen LogP contribution in [0.2, 0.25) is 0 Å². The molecule has 16 heavy (non-hydrogen) atoms. The molecule has 1 nitrogen and oxygen atoms in total. The van der Waals surface area contributed by atoms with Crippen LogP contribution in [0.15, 0.2) is 24.3 Å². The first kappa shape index (κ1) is 13.6. The number of thioether (sulfide) groups is 1. The van der Waals surface area contributed by atoms with Crippen molar-refractivity contribution in [1.82, 2.24) is 0 Å². The van der Waals surface area contributed by atoms with Gasteiger partial charge in [-0.05, 0) is 29.2 Å². The lowest BCUT2D eigenvalue weighted by Gasteiger charge is -2.13. The fourth-order valence-electron chi connectivity index (χ4n) is 1.53. The van der Waals surface area contributed by atoms with Gasteiger partial charge in [0.1, 0.15) is 0 Å². The summed E-state index contributed by atoms with van der Waals surface area (Å²) >= 11 is 1.95. The monoisotopic (exact) mass is 237 g/mol. The second-order valence-corrected chi connectivity index (χ2v) is 5.71. The Balaban J connectivity index is 2.43. The number of hydrogen-bond donors (Lipinski definition) is 1. The van der Waals surface area contributed by atoms with Crippen LogP contribution in [-0.4, -0.2) is 11.5 Å². The molecule has 0 fully saturated rings. The first-order chi connectivity index (χ1) is 7.63. The van der Waals surface area contributed by atoms with Gasteiger partial charge in [0.25, 0.3) is 0 Å². The normalized spacial score (nSPS) is 13.1. The lowest BCUT2D eigenvalue weighted by Crippen LogP contribution is -2.13. The molecule has 0 aliphatic carbocycles. The largest absolute Gasteiger partial charge is 0.323 e. The van der Waals surface area contributed by atoms with Crippen molar-refractivity contribution in [3.8, 4) is 0 Å². The molecule has 2 N–H and O–H groups in total. The zero-order valence-corrected chi connectivity index (χ0v) is 11.4. The maximum absolute atomic E-state index is 6.15. The van der Waals surface area contributed by atoms with Crippen molar-refractivity contribution in [2.75, 3.05) is 11.5 Å². The van der Waals surface area contributed by atoms with Gasteiger partial charge in [0.15, 0.2) is 0 Å². The maximum atomic E-state index is 6.15. The fourth-order valence-corrected chi connectivity index (χ4v) is 2.58. The highest BCUT2D eigenvalue weighted by Crippen LogP contribution is 2.18. The molecule has 0 aliphatic rings. The molecule has 0 saturated carbocycles. The van der Waals surface area contributed by atoms with Gasteiger partial charge in [-0.15, -0.1) is 0 Å². The van der Waals surface area contributed by atoms with Crippen LogP contribution in [-0.2, 0) is 6.42 Å². The molecule has 90 valence electrons. The predicted molar refractivity (Wildman–Crippen MR) is 74.9 cm³/mol. The van der Waals surface area contributed by atoms with Crippen LogP contribution in [0, 0.1) is 5.92 Å². The number of rotatable bonds is 6. The molecule has 0 saturated heterocycles. The van der Waals surface area contributed by atoms with Gasteiger partial charge in [-0.1, -0.05) is 45.0 Å². The Hall–Kier alpha value is -0.470. The van der Waals surface area contributed by atoms with E-state index < -0.39 is 0 Å². The van der Waals surface area contributed by atoms with Crippen LogP contribution >= 0.6 is 11.8 Å². The minimum absolute atomic E-state index is 0.176. The summed E-state index contributed by atoms with van der Waals surface area (Å²) in [5.41, 5.74) is 8.79. The number of benzene rings is 1. The van der Waals surface area contributed by atoms with E-state index in [0.29, 0.717) is 0 Å². The summed E-state index contributed by atoms with van der Waals surface area (Å²) < 4.78 is 0. The Morgan fingerprint density at radius 1 is 1.12 bits per heavy atom. The Labute approximate surface area is 104 Å². The summed E-state index contributed by atoms with van der Waals surface area (Å²) in [5.74, 6) is 2.96. The molecule has 0 radical (unpaired) electrons. The number of hydrogen-bond acceptors (Lipinski definition) is 2. The molecule has 0 aromatic heterocycles. The smallest absolute Gasteiger partial charge is 0.0386 e. The van der Waals surface area contributed by atoms with E-state index in [1.807, 2.05) is 11.8 Å². The summed E-state index contributed by atoms with van der Waals surface area (Å²) in [6, 6.07) is 8.87. The highest BCUT2D eigenvalue weighted by Gasteiger charge is 2.06. The topological polar surface area (TPSA) is 26.0 Å². The summed E-state index contributed by atoms with van der Waals surface area (Å²) in [6.07, 6.45) is 1.09. The SMILES string of the molecule is CCc1ccc(C(N)CSCC(C)C)cc1. The van der Waals surface area contributed by atoms with Gasteiger partial charge in [-0.25, -0.2) is 0 Å². The summed E-state index contributed by atoms with van der Waals surface area (Å²) in [4.78, 5) is 0. The Morgan fingerprint density at radius 3 is 2.25 bits per heavy atom. The van der Waals surface area contributed by atoms with Gasteiger partial charge >= 0.3 is 0 Å². The average molecular weight is 237 g/mol. The fraction of sp³-hybridized carbons (Fsp3) is 0.571. The first-order valence-electron chi connectivity index (χ1n) is 6.05. The predicted octanol–water partition coefficient (Wildman–Crippen LogP) is 3.64. The van der Waals surface area contributed by atoms with E-state index in [1.165, 1.54) is 16.9 Å². The van der Waals surface area contributed by atoms with Crippen LogP contribution < -0.4 is 5.73 Å². The number of nitrogens with two attached hydrogens (primary N) is 1. The molecule has 1 atom stereocenters. The van der Waals surface area contributed by atoms with Crippen molar-refractivity contribution < 1.29 is 0 Å². The second-order valence-electron chi connectivity index (χ2n) is 4.63. The maximum Gasteiger partial charge on any atom is 0.0386 e. The van der Waals surface area contributed by atoms with Gasteiger partial charge in [0.05, 0.1) is 0 Å². The molecule has 0 aliphatic heterocycles. The molecule has 0 amide bonds. The zero-order chi connectivity index (χ0) is 12.0. The van der Waals surface area contributed by atoms with Crippen molar-refractivity contribution in [3.63, 3.8) is 0 Å². The molecule has 0 spiro atoms. The Morgan fingerprint density at radius 2 is 1.75 bits per heavy atom. The van der Waals surface area contributed by atoms with Crippen LogP contribution in [0.5, 0.6) is 0 Å². The molecule has 0 heterocycles. The molecular formula is C14H23NS. The van der Waals surface area contributed by atoms with Crippen molar-refractivity contribution in [2.24, 2.45) is 11.7 Å². The minimum Gasteiger partial charge on any atom is -0.323 e. The quantitative estimate of drug-likeness (QED) is 0.817. The van der Waals surface area contributed by atoms with Gasteiger partial charge in [-0.2, -0.15) is 11.8 Å². The lowest BCUT2D eigenvalue weighted by molar-refractivity contribution is 0.746. The highest BCUT2D eigenvalue weighted by atomic mass is 32.2. The third kappa shape index (κ3) is 4.58. The highest BCUT2D eigenvalue weighted by molar-refractivity contribution is 7.99. The minimum atomic E-state index is 0.176. The third-order valence-corrected chi connectivity index (χ3v) is 4.06. The van der Waals surface area contributed by atoms with Gasteiger partial charge in [-0.3, -0.25) is 0 Å². The molecule has 1 rings (SSSR count). The van der Waals surface area contributed by atoms with E-state index in [1.54, 1.807) is 0 Å². The van der Waals surface area contributed by atoms with Gasteiger partial charge in [0, 0.05) is 11.8 Å². The van der Waals surface area contributed by atoms with Gasteiger partial charge in [0.2, 0.25) is 0 Å². The van der Waals surface area contributed by atoms with Gasteiger partial charge < -0.3 is 5.73 Å². The molecule has 0 bridgehead atoms. The Kier molecular flexibility index (Phi) is 5.93. The first-order valence-corrected chi connectivity index (χ1v) is 7.21. The molecular weight excluding hydrogens is 214 g/mol. The third-order valence-electron chi connectivity index (χ3n) is 2.56. The standard InChI is InChI=1S/C14H23NS/c1-4-12-5-7-13(8-6-12)14(15)10-16-9-11(2)3/h5-8,11,14H,4,9-10,15H2,1-3H3. The van der Waals surface area contributed by atoms with E-state index in [-0.39, 0.29) is 6.04 Å². The second kappa shape index (κ2) is 6.97. The van der Waals surface area contributed by atoms with E-state index in [2.05, 4.69) is 45.0 Å². The van der Waals surface area contributed by atoms with E-state index >= 15 is 0 Å². The molecule has 2 heteroatoms. The average Bonchev–Trinajstić information content (AvgIpc) is 2.28. The Bertz CT molecular complexity index is 292. The van der Waals surface area contributed by atoms with E-state index in [0.717, 1.165) is 18.1 Å². The van der Waals surface area contributed by atoms with Crippen molar-refractivity contribution >= 4 is 11.8 Å². The zero-order valence-electron chi connectivity index (χ0n) is 10.6. The van der Waals surface area contributed by atoms with Crippen LogP contribution in [0.4, 0.5) is 0 Å². The van der Waals surface area contributed by atoms with Crippen molar-refractivity contribution in [2.45, 2.75) is 33.2 Å². The van der Waals surface area contributed by atoms with E-state index in [9.17, 15) is 0 Å². The van der Waals surface area contributed by atoms with Crippen LogP contribution in [0.25, 0.3) is 0 Å². The summed E-state index contributed by atoms with van der Waals surface area (Å²) in [6.45, 7) is 6.66.